The maximum absolute atomic E-state index is 12.4. The topological polar surface area (TPSA) is 113 Å². The van der Waals surface area contributed by atoms with Crippen molar-refractivity contribution in [3.05, 3.63) is 84.4 Å². The Morgan fingerprint density at radius 1 is 0.857 bits per heavy atom. The molecule has 0 saturated carbocycles. The molecule has 8 nitrogen and oxygen atoms in total. The number of hydrogen-bond donors (Lipinski definition) is 3. The molecule has 2 amide bonds. The highest BCUT2D eigenvalue weighted by Gasteiger charge is 2.13. The minimum Gasteiger partial charge on any atom is -0.334 e. The van der Waals surface area contributed by atoms with E-state index in [1.807, 2.05) is 6.07 Å². The van der Waals surface area contributed by atoms with E-state index in [1.165, 1.54) is 24.3 Å². The average Bonchev–Trinajstić information content (AvgIpc) is 2.73. The second-order valence-corrected chi connectivity index (χ2v) is 7.64. The van der Waals surface area contributed by atoms with Crippen LogP contribution in [-0.4, -0.2) is 24.4 Å². The number of pyridine rings is 2. The normalized spacial score (nSPS) is 11.0. The zero-order valence-electron chi connectivity index (χ0n) is 14.9. The van der Waals surface area contributed by atoms with Gasteiger partial charge >= 0.3 is 6.03 Å². The lowest BCUT2D eigenvalue weighted by molar-refractivity contribution is 0.251. The third-order valence-corrected chi connectivity index (χ3v) is 5.23. The van der Waals surface area contributed by atoms with Crippen LogP contribution >= 0.6 is 0 Å². The third kappa shape index (κ3) is 5.60. The first-order valence-electron chi connectivity index (χ1n) is 8.45. The molecule has 2 heterocycles. The van der Waals surface area contributed by atoms with E-state index < -0.39 is 16.1 Å². The van der Waals surface area contributed by atoms with E-state index >= 15 is 0 Å². The summed E-state index contributed by atoms with van der Waals surface area (Å²) >= 11 is 0. The number of hydrogen-bond acceptors (Lipinski definition) is 5. The lowest BCUT2D eigenvalue weighted by Crippen LogP contribution is -2.28. The number of aromatic nitrogens is 2. The number of nitrogens with one attached hydrogen (secondary N) is 3. The first-order valence-corrected chi connectivity index (χ1v) is 9.94. The van der Waals surface area contributed by atoms with Gasteiger partial charge in [-0.05, 0) is 53.6 Å². The van der Waals surface area contributed by atoms with Gasteiger partial charge in [-0.2, -0.15) is 0 Å². The molecule has 3 rings (SSSR count). The highest BCUT2D eigenvalue weighted by Crippen LogP contribution is 2.14. The van der Waals surface area contributed by atoms with Crippen LogP contribution in [0.1, 0.15) is 11.1 Å². The summed E-state index contributed by atoms with van der Waals surface area (Å²) in [6, 6.07) is 12.7. The van der Waals surface area contributed by atoms with Crippen LogP contribution in [0.3, 0.4) is 0 Å². The van der Waals surface area contributed by atoms with Gasteiger partial charge in [0.1, 0.15) is 0 Å². The number of rotatable bonds is 7. The Morgan fingerprint density at radius 3 is 2.29 bits per heavy atom. The van der Waals surface area contributed by atoms with E-state index in [1.54, 1.807) is 43.0 Å². The number of sulfonamides is 1. The van der Waals surface area contributed by atoms with Gasteiger partial charge in [0.05, 0.1) is 4.90 Å². The van der Waals surface area contributed by atoms with Gasteiger partial charge in [-0.1, -0.05) is 6.07 Å². The van der Waals surface area contributed by atoms with E-state index in [9.17, 15) is 13.2 Å². The molecule has 0 aliphatic heterocycles. The van der Waals surface area contributed by atoms with Crippen molar-refractivity contribution in [1.82, 2.24) is 20.0 Å². The summed E-state index contributed by atoms with van der Waals surface area (Å²) in [5, 5.41) is 5.36. The predicted octanol–water partition coefficient (Wildman–Crippen LogP) is 2.28. The number of carbonyl (C=O) groups is 1. The molecule has 0 unspecified atom stereocenters. The van der Waals surface area contributed by atoms with E-state index in [4.69, 9.17) is 0 Å². The average molecular weight is 397 g/mol. The summed E-state index contributed by atoms with van der Waals surface area (Å²) < 4.78 is 27.3. The molecule has 3 N–H and O–H groups in total. The van der Waals surface area contributed by atoms with Crippen molar-refractivity contribution in [2.24, 2.45) is 0 Å². The molecule has 1 aromatic carbocycles. The van der Waals surface area contributed by atoms with Crippen LogP contribution in [0.25, 0.3) is 0 Å². The Hall–Kier alpha value is -3.30. The molecule has 3 aromatic rings. The minimum atomic E-state index is -3.66. The molecule has 0 atom stereocenters. The maximum Gasteiger partial charge on any atom is 0.319 e. The monoisotopic (exact) mass is 397 g/mol. The molecule has 144 valence electrons. The van der Waals surface area contributed by atoms with Crippen molar-refractivity contribution >= 4 is 21.7 Å². The Labute approximate surface area is 163 Å². The Bertz CT molecular complexity index is 1010. The summed E-state index contributed by atoms with van der Waals surface area (Å²) in [6.07, 6.45) is 6.52. The molecule has 0 aliphatic carbocycles. The van der Waals surface area contributed by atoms with Gasteiger partial charge in [0.25, 0.3) is 0 Å². The Morgan fingerprint density at radius 2 is 1.61 bits per heavy atom. The number of carbonyl (C=O) groups excluding carboxylic acids is 1. The fourth-order valence-electron chi connectivity index (χ4n) is 2.34. The van der Waals surface area contributed by atoms with Crippen LogP contribution in [0.4, 0.5) is 10.5 Å². The molecule has 0 bridgehead atoms. The standard InChI is InChI=1S/C19H19N5O3S/c25-19(22-13-16-2-1-9-21-12-16)24-17-3-5-18(6-4-17)28(26,27)23-14-15-7-10-20-11-8-15/h1-12,23H,13-14H2,(H2,22,24,25). The van der Waals surface area contributed by atoms with Gasteiger partial charge in [0.2, 0.25) is 10.0 Å². The van der Waals surface area contributed by atoms with Crippen LogP contribution in [0.2, 0.25) is 0 Å². The number of amides is 2. The fourth-order valence-corrected chi connectivity index (χ4v) is 3.36. The summed E-state index contributed by atoms with van der Waals surface area (Å²) in [4.78, 5) is 19.9. The third-order valence-electron chi connectivity index (χ3n) is 3.81. The van der Waals surface area contributed by atoms with Gasteiger partial charge in [-0.15, -0.1) is 0 Å². The summed E-state index contributed by atoms with van der Waals surface area (Å²) in [6.45, 7) is 0.507. The molecule has 28 heavy (non-hydrogen) atoms. The van der Waals surface area contributed by atoms with Crippen LogP contribution in [0, 0.1) is 0 Å². The highest BCUT2D eigenvalue weighted by molar-refractivity contribution is 7.89. The van der Waals surface area contributed by atoms with Gasteiger partial charge in [-0.25, -0.2) is 17.9 Å². The summed E-state index contributed by atoms with van der Waals surface area (Å²) in [7, 11) is -3.66. The second-order valence-electron chi connectivity index (χ2n) is 5.87. The van der Waals surface area contributed by atoms with Gasteiger partial charge in [0.15, 0.2) is 0 Å². The van der Waals surface area contributed by atoms with Crippen molar-refractivity contribution in [2.75, 3.05) is 5.32 Å². The van der Waals surface area contributed by atoms with Gasteiger partial charge in [0, 0.05) is 43.6 Å². The van der Waals surface area contributed by atoms with Crippen LogP contribution in [-0.2, 0) is 23.1 Å². The van der Waals surface area contributed by atoms with Crippen LogP contribution in [0.15, 0.2) is 78.2 Å². The van der Waals surface area contributed by atoms with E-state index in [2.05, 4.69) is 25.3 Å². The van der Waals surface area contributed by atoms with Crippen molar-refractivity contribution in [3.8, 4) is 0 Å². The summed E-state index contributed by atoms with van der Waals surface area (Å²) in [5.41, 5.74) is 2.17. The smallest absolute Gasteiger partial charge is 0.319 e. The largest absolute Gasteiger partial charge is 0.334 e. The molecule has 0 spiro atoms. The number of urea groups is 1. The zero-order valence-corrected chi connectivity index (χ0v) is 15.7. The molecule has 2 aromatic heterocycles. The van der Waals surface area contributed by atoms with Gasteiger partial charge in [-0.3, -0.25) is 9.97 Å². The molecule has 0 aliphatic rings. The fraction of sp³-hybridized carbons (Fsp3) is 0.105. The molecule has 0 saturated heterocycles. The zero-order chi connectivity index (χ0) is 19.8. The molecular weight excluding hydrogens is 378 g/mol. The first-order chi connectivity index (χ1) is 13.5. The summed E-state index contributed by atoms with van der Waals surface area (Å²) in [5.74, 6) is 0. The quantitative estimate of drug-likeness (QED) is 0.566. The van der Waals surface area contributed by atoms with Crippen LogP contribution < -0.4 is 15.4 Å². The highest BCUT2D eigenvalue weighted by atomic mass is 32.2. The molecule has 9 heteroatoms. The minimum absolute atomic E-state index is 0.114. The first kappa shape index (κ1) is 19.5. The lowest BCUT2D eigenvalue weighted by Gasteiger charge is -2.09. The molecule has 0 fully saturated rings. The van der Waals surface area contributed by atoms with Crippen molar-refractivity contribution in [1.29, 1.82) is 0 Å². The second kappa shape index (κ2) is 9.07. The predicted molar refractivity (Wildman–Crippen MR) is 105 cm³/mol. The number of anilines is 1. The maximum atomic E-state index is 12.4. The molecule has 0 radical (unpaired) electrons. The van der Waals surface area contributed by atoms with Crippen molar-refractivity contribution in [2.45, 2.75) is 18.0 Å². The van der Waals surface area contributed by atoms with Crippen LogP contribution in [0.5, 0.6) is 0 Å². The van der Waals surface area contributed by atoms with E-state index in [0.29, 0.717) is 12.2 Å². The van der Waals surface area contributed by atoms with Crippen molar-refractivity contribution in [3.63, 3.8) is 0 Å². The van der Waals surface area contributed by atoms with E-state index in [0.717, 1.165) is 11.1 Å². The Kier molecular flexibility index (Phi) is 6.30. The SMILES string of the molecule is O=C(NCc1cccnc1)Nc1ccc(S(=O)(=O)NCc2ccncc2)cc1. The lowest BCUT2D eigenvalue weighted by atomic mass is 10.3. The van der Waals surface area contributed by atoms with E-state index in [-0.39, 0.29) is 11.4 Å². The van der Waals surface area contributed by atoms with Crippen molar-refractivity contribution < 1.29 is 13.2 Å². The van der Waals surface area contributed by atoms with Gasteiger partial charge < -0.3 is 10.6 Å². The molecular formula is C19H19N5O3S. The number of nitrogens with zero attached hydrogens (tertiary/aromatic N) is 2. The Balaban J connectivity index is 1.54. The number of benzene rings is 1.